The van der Waals surface area contributed by atoms with E-state index in [4.69, 9.17) is 0 Å². The van der Waals surface area contributed by atoms with E-state index in [0.717, 1.165) is 6.42 Å². The number of nitrogens with zero attached hydrogens (tertiary/aromatic N) is 1. The van der Waals surface area contributed by atoms with Crippen molar-refractivity contribution in [1.29, 1.82) is 0 Å². The van der Waals surface area contributed by atoms with Crippen LogP contribution in [0.15, 0.2) is 11.8 Å². The van der Waals surface area contributed by atoms with Crippen LogP contribution in [-0.4, -0.2) is 30.9 Å². The van der Waals surface area contributed by atoms with Crippen molar-refractivity contribution in [2.24, 2.45) is 5.92 Å². The zero-order chi connectivity index (χ0) is 12.8. The van der Waals surface area contributed by atoms with E-state index in [1.54, 1.807) is 0 Å². The summed E-state index contributed by atoms with van der Waals surface area (Å²) in [5.74, 6) is 0.776. The second-order valence-corrected chi connectivity index (χ2v) is 4.84. The van der Waals surface area contributed by atoms with Crippen LogP contribution in [0.2, 0.25) is 0 Å². The van der Waals surface area contributed by atoms with Crippen molar-refractivity contribution in [3.05, 3.63) is 11.8 Å². The van der Waals surface area contributed by atoms with E-state index in [2.05, 4.69) is 11.4 Å². The minimum atomic E-state index is -0.0589. The highest BCUT2D eigenvalue weighted by Crippen LogP contribution is 2.32. The maximum absolute atomic E-state index is 12.3. The largest absolute Gasteiger partial charge is 0.318 e. The van der Waals surface area contributed by atoms with E-state index in [1.807, 2.05) is 32.8 Å². The van der Waals surface area contributed by atoms with E-state index >= 15 is 0 Å². The molecular formula is C14H26N2O. The third-order valence-electron chi connectivity index (χ3n) is 3.84. The van der Waals surface area contributed by atoms with Gasteiger partial charge in [-0.2, -0.15) is 0 Å². The smallest absolute Gasteiger partial charge is 0.243 e. The third-order valence-corrected chi connectivity index (χ3v) is 3.84. The highest BCUT2D eigenvalue weighted by molar-refractivity contribution is 5.83. The summed E-state index contributed by atoms with van der Waals surface area (Å²) in [5.41, 5.74) is 1.21. The summed E-state index contributed by atoms with van der Waals surface area (Å²) >= 11 is 0. The molecule has 0 radical (unpaired) electrons. The van der Waals surface area contributed by atoms with Crippen LogP contribution in [0, 0.1) is 5.92 Å². The molecule has 0 aromatic rings. The lowest BCUT2D eigenvalue weighted by Gasteiger charge is -2.28. The number of carbonyl (C=O) groups is 1. The number of likely N-dealkylation sites (N-methyl/N-ethyl adjacent to an activating group) is 2. The van der Waals surface area contributed by atoms with Crippen LogP contribution in [0.5, 0.6) is 0 Å². The summed E-state index contributed by atoms with van der Waals surface area (Å²) in [6.45, 7) is 4.08. The van der Waals surface area contributed by atoms with Crippen molar-refractivity contribution in [1.82, 2.24) is 10.2 Å². The number of amides is 1. The first-order valence-corrected chi connectivity index (χ1v) is 6.76. The van der Waals surface area contributed by atoms with Gasteiger partial charge >= 0.3 is 0 Å². The van der Waals surface area contributed by atoms with Crippen molar-refractivity contribution in [2.75, 3.05) is 14.1 Å². The van der Waals surface area contributed by atoms with Gasteiger partial charge in [0, 0.05) is 12.7 Å². The number of nitrogens with one attached hydrogen (secondary N) is 1. The van der Waals surface area contributed by atoms with Gasteiger partial charge in [-0.25, -0.2) is 0 Å². The maximum Gasteiger partial charge on any atom is 0.243 e. The van der Waals surface area contributed by atoms with Gasteiger partial charge in [-0.15, -0.1) is 0 Å². The van der Waals surface area contributed by atoms with Gasteiger partial charge in [0.25, 0.3) is 0 Å². The minimum absolute atomic E-state index is 0.0589. The van der Waals surface area contributed by atoms with Crippen LogP contribution in [0.3, 0.4) is 0 Å². The summed E-state index contributed by atoms with van der Waals surface area (Å²) < 4.78 is 0. The number of hydrogen-bond acceptors (Lipinski definition) is 2. The van der Waals surface area contributed by atoms with E-state index in [1.165, 1.54) is 31.4 Å². The zero-order valence-electron chi connectivity index (χ0n) is 11.6. The molecule has 0 saturated heterocycles. The van der Waals surface area contributed by atoms with Crippen molar-refractivity contribution >= 4 is 5.91 Å². The van der Waals surface area contributed by atoms with Gasteiger partial charge in [0.15, 0.2) is 0 Å². The van der Waals surface area contributed by atoms with Gasteiger partial charge in [0.1, 0.15) is 0 Å². The Kier molecular flexibility index (Phi) is 5.69. The summed E-state index contributed by atoms with van der Waals surface area (Å²) in [6, 6.07) is -0.0589. The topological polar surface area (TPSA) is 32.3 Å². The van der Waals surface area contributed by atoms with E-state index in [0.29, 0.717) is 5.92 Å². The van der Waals surface area contributed by atoms with Gasteiger partial charge < -0.3 is 10.2 Å². The molecule has 1 unspecified atom stereocenters. The molecule has 1 N–H and O–H groups in total. The summed E-state index contributed by atoms with van der Waals surface area (Å²) in [6.07, 6.45) is 8.00. The standard InChI is InChI=1S/C14H26N2O/c1-5-12(15-3)14(17)16(4)13(6-2)11-9-7-8-10-11/h6,11-12,15H,5,7-10H2,1-4H3/b13-6+. The quantitative estimate of drug-likeness (QED) is 0.798. The van der Waals surface area contributed by atoms with Crippen LogP contribution >= 0.6 is 0 Å². The van der Waals surface area contributed by atoms with Crippen molar-refractivity contribution in [3.8, 4) is 0 Å². The molecule has 0 bridgehead atoms. The third kappa shape index (κ3) is 3.32. The summed E-state index contributed by atoms with van der Waals surface area (Å²) in [5, 5.41) is 3.08. The minimum Gasteiger partial charge on any atom is -0.318 e. The number of allylic oxidation sites excluding steroid dienone is 2. The molecule has 17 heavy (non-hydrogen) atoms. The van der Waals surface area contributed by atoms with Crippen LogP contribution in [0.1, 0.15) is 46.0 Å². The lowest BCUT2D eigenvalue weighted by molar-refractivity contribution is -0.130. The fraction of sp³-hybridized carbons (Fsp3) is 0.786. The first kappa shape index (κ1) is 14.2. The molecule has 1 aliphatic carbocycles. The Bertz CT molecular complexity index is 276. The molecule has 1 fully saturated rings. The molecule has 1 aliphatic rings. The lowest BCUT2D eigenvalue weighted by Crippen LogP contribution is -2.43. The molecule has 0 aromatic carbocycles. The van der Waals surface area contributed by atoms with E-state index in [-0.39, 0.29) is 11.9 Å². The summed E-state index contributed by atoms with van der Waals surface area (Å²) in [4.78, 5) is 14.1. The van der Waals surface area contributed by atoms with Crippen molar-refractivity contribution < 1.29 is 4.79 Å². The molecule has 1 amide bonds. The predicted molar refractivity (Wildman–Crippen MR) is 71.6 cm³/mol. The van der Waals surface area contributed by atoms with E-state index in [9.17, 15) is 4.79 Å². The predicted octanol–water partition coefficient (Wildman–Crippen LogP) is 2.54. The van der Waals surface area contributed by atoms with Crippen molar-refractivity contribution in [2.45, 2.75) is 52.0 Å². The Morgan fingerprint density at radius 1 is 1.47 bits per heavy atom. The van der Waals surface area contributed by atoms with Crippen LogP contribution in [-0.2, 0) is 4.79 Å². The average molecular weight is 238 g/mol. The fourth-order valence-corrected chi connectivity index (χ4v) is 2.79. The molecule has 98 valence electrons. The molecule has 1 rings (SSSR count). The molecule has 3 heteroatoms. The first-order valence-electron chi connectivity index (χ1n) is 6.76. The molecule has 1 atom stereocenters. The van der Waals surface area contributed by atoms with Gasteiger partial charge in [-0.3, -0.25) is 4.79 Å². The number of carbonyl (C=O) groups excluding carboxylic acids is 1. The summed E-state index contributed by atoms with van der Waals surface area (Å²) in [7, 11) is 3.76. The average Bonchev–Trinajstić information content (AvgIpc) is 2.85. The van der Waals surface area contributed by atoms with Crippen LogP contribution in [0.25, 0.3) is 0 Å². The molecular weight excluding hydrogens is 212 g/mol. The van der Waals surface area contributed by atoms with Crippen molar-refractivity contribution in [3.63, 3.8) is 0 Å². The number of rotatable bonds is 5. The van der Waals surface area contributed by atoms with E-state index < -0.39 is 0 Å². The van der Waals surface area contributed by atoms with Gasteiger partial charge in [-0.05, 0) is 39.2 Å². The maximum atomic E-state index is 12.3. The van der Waals surface area contributed by atoms with Gasteiger partial charge in [0.2, 0.25) is 5.91 Å². The highest BCUT2D eigenvalue weighted by Gasteiger charge is 2.27. The molecule has 0 spiro atoms. The Balaban J connectivity index is 2.71. The van der Waals surface area contributed by atoms with Crippen LogP contribution in [0.4, 0.5) is 0 Å². The highest BCUT2D eigenvalue weighted by atomic mass is 16.2. The Morgan fingerprint density at radius 2 is 2.06 bits per heavy atom. The normalized spacial score (nSPS) is 19.4. The fourth-order valence-electron chi connectivity index (χ4n) is 2.79. The lowest BCUT2D eigenvalue weighted by atomic mass is 10.0. The monoisotopic (exact) mass is 238 g/mol. The second kappa shape index (κ2) is 6.80. The van der Waals surface area contributed by atoms with Gasteiger partial charge in [-0.1, -0.05) is 25.8 Å². The van der Waals surface area contributed by atoms with Gasteiger partial charge in [0.05, 0.1) is 6.04 Å². The number of hydrogen-bond donors (Lipinski definition) is 1. The zero-order valence-corrected chi connectivity index (χ0v) is 11.6. The molecule has 0 heterocycles. The molecule has 3 nitrogen and oxygen atoms in total. The Labute approximate surface area is 105 Å². The van der Waals surface area contributed by atoms with Crippen LogP contribution < -0.4 is 5.32 Å². The SMILES string of the molecule is C/C=C(\C1CCCC1)N(C)C(=O)C(CC)NC. The molecule has 0 aliphatic heterocycles. The second-order valence-electron chi connectivity index (χ2n) is 4.84. The molecule has 0 aromatic heterocycles. The first-order chi connectivity index (χ1) is 8.15. The molecule has 1 saturated carbocycles. The Hall–Kier alpha value is -0.830. The Morgan fingerprint density at radius 3 is 2.47 bits per heavy atom.